The van der Waals surface area contributed by atoms with Gasteiger partial charge in [-0.2, -0.15) is 92.2 Å². The molecule has 1 rings (SSSR count). The first-order valence-corrected chi connectivity index (χ1v) is 12.8. The van der Waals surface area contributed by atoms with Gasteiger partial charge < -0.3 is 14.4 Å². The number of amides is 1. The van der Waals surface area contributed by atoms with Gasteiger partial charge in [-0.05, 0) is 24.1 Å². The maximum absolute atomic E-state index is 14.2. The van der Waals surface area contributed by atoms with Crippen molar-refractivity contribution in [1.82, 2.24) is 4.90 Å². The van der Waals surface area contributed by atoms with E-state index in [0.717, 1.165) is 6.92 Å². The average Bonchev–Trinajstić information content (AvgIpc) is 2.96. The maximum Gasteiger partial charge on any atom is 0.460 e. The topological polar surface area (TPSA) is 72.9 Å². The number of esters is 2. The Morgan fingerprint density at radius 3 is 1.33 bits per heavy atom. The van der Waals surface area contributed by atoms with Crippen molar-refractivity contribution in [3.63, 3.8) is 0 Å². The summed E-state index contributed by atoms with van der Waals surface area (Å²) in [5.74, 6) is -54.6. The van der Waals surface area contributed by atoms with E-state index in [1.165, 1.54) is 0 Å². The Labute approximate surface area is 268 Å². The quantitative estimate of drug-likeness (QED) is 0.108. The molecule has 1 unspecified atom stereocenters. The molecule has 1 amide bonds. The number of carbonyl (C=O) groups excluding carboxylic acids is 3. The summed E-state index contributed by atoms with van der Waals surface area (Å²) >= 11 is 0. The summed E-state index contributed by atoms with van der Waals surface area (Å²) in [4.78, 5) is 34.8. The highest BCUT2D eigenvalue weighted by Crippen LogP contribution is 2.50. The summed E-state index contributed by atoms with van der Waals surface area (Å²) in [6.45, 7) is -2.41. The van der Waals surface area contributed by atoms with Gasteiger partial charge >= 0.3 is 66.0 Å². The van der Waals surface area contributed by atoms with Crippen LogP contribution in [-0.4, -0.2) is 89.9 Å². The zero-order chi connectivity index (χ0) is 40.6. The first-order chi connectivity index (χ1) is 22.5. The summed E-state index contributed by atoms with van der Waals surface area (Å²) in [5.41, 5.74) is -1.29. The zero-order valence-electron chi connectivity index (χ0n) is 24.1. The standard InChI is InChI=1S/C24H16F21NO5/c1-2-3-8-46(13(47)16(25,26)19(31,32)22(37,38)39)9-12(51-15(49)18(29,30)21(35,36)24(43,44)45)10-4-6-11(7-5-10)50-14(48)17(27,28)20(33,34)23(40,41)42/h4-7,12H,2-3,8-9H2,1H3. The average molecular weight is 797 g/mol. The second-order valence-electron chi connectivity index (χ2n) is 9.90. The van der Waals surface area contributed by atoms with Crippen molar-refractivity contribution >= 4 is 17.8 Å². The lowest BCUT2D eigenvalue weighted by atomic mass is 10.1. The molecule has 0 saturated carbocycles. The summed E-state index contributed by atoms with van der Waals surface area (Å²) in [6.07, 6.45) is -25.6. The minimum absolute atomic E-state index is 0.0248. The molecule has 0 N–H and O–H groups in total. The van der Waals surface area contributed by atoms with Crippen LogP contribution < -0.4 is 4.74 Å². The van der Waals surface area contributed by atoms with Crippen LogP contribution in [-0.2, 0) is 19.1 Å². The van der Waals surface area contributed by atoms with Crippen LogP contribution in [0.4, 0.5) is 92.2 Å². The number of hydrogen-bond donors (Lipinski definition) is 0. The monoisotopic (exact) mass is 797 g/mol. The minimum Gasteiger partial charge on any atom is -0.451 e. The highest BCUT2D eigenvalue weighted by molar-refractivity contribution is 5.85. The molecule has 0 aliphatic carbocycles. The molecule has 0 saturated heterocycles. The van der Waals surface area contributed by atoms with Gasteiger partial charge in [-0.15, -0.1) is 0 Å². The molecular weight excluding hydrogens is 781 g/mol. The predicted octanol–water partition coefficient (Wildman–Crippen LogP) is 8.30. The van der Waals surface area contributed by atoms with Crippen molar-refractivity contribution in [2.24, 2.45) is 0 Å². The number of nitrogens with zero attached hydrogens (tertiary/aromatic N) is 1. The van der Waals surface area contributed by atoms with Gasteiger partial charge in [-0.3, -0.25) is 4.79 Å². The molecule has 0 spiro atoms. The molecule has 1 aromatic carbocycles. The molecule has 1 aromatic rings. The van der Waals surface area contributed by atoms with E-state index in [9.17, 15) is 107 Å². The van der Waals surface area contributed by atoms with Gasteiger partial charge in [0.2, 0.25) is 0 Å². The SMILES string of the molecule is CCCCN(CC(OC(=O)C(F)(F)C(F)(F)C(F)(F)F)c1ccc(OC(=O)C(F)(F)C(F)(F)C(F)(F)F)cc1)C(=O)C(F)(F)C(F)(F)C(F)(F)F. The van der Waals surface area contributed by atoms with E-state index in [1.54, 1.807) is 0 Å². The Balaban J connectivity index is 3.75. The van der Waals surface area contributed by atoms with Crippen molar-refractivity contribution in [3.05, 3.63) is 29.8 Å². The Morgan fingerprint density at radius 2 is 0.961 bits per heavy atom. The van der Waals surface area contributed by atoms with E-state index in [0.29, 0.717) is 0 Å². The van der Waals surface area contributed by atoms with Crippen LogP contribution in [0.3, 0.4) is 0 Å². The van der Waals surface area contributed by atoms with Crippen LogP contribution in [0, 0.1) is 0 Å². The normalized spacial score (nSPS) is 14.9. The van der Waals surface area contributed by atoms with Crippen LogP contribution in [0.5, 0.6) is 5.75 Å². The third-order valence-electron chi connectivity index (χ3n) is 6.20. The third-order valence-corrected chi connectivity index (χ3v) is 6.20. The first kappa shape index (κ1) is 45.2. The van der Waals surface area contributed by atoms with Crippen molar-refractivity contribution < 1.29 is 116 Å². The fourth-order valence-electron chi connectivity index (χ4n) is 3.28. The fraction of sp³-hybridized carbons (Fsp3) is 0.625. The zero-order valence-corrected chi connectivity index (χ0v) is 24.1. The van der Waals surface area contributed by atoms with Crippen molar-refractivity contribution in [3.8, 4) is 5.75 Å². The number of benzene rings is 1. The van der Waals surface area contributed by atoms with Gasteiger partial charge in [-0.25, -0.2) is 9.59 Å². The van der Waals surface area contributed by atoms with Crippen LogP contribution >= 0.6 is 0 Å². The molecule has 0 fully saturated rings. The molecule has 294 valence electrons. The van der Waals surface area contributed by atoms with Gasteiger partial charge in [0.15, 0.2) is 0 Å². The number of hydrogen-bond acceptors (Lipinski definition) is 5. The molecule has 6 nitrogen and oxygen atoms in total. The molecule has 0 radical (unpaired) electrons. The Morgan fingerprint density at radius 1 is 0.588 bits per heavy atom. The van der Waals surface area contributed by atoms with Crippen LogP contribution in [0.25, 0.3) is 0 Å². The number of ether oxygens (including phenoxy) is 2. The second kappa shape index (κ2) is 14.3. The molecule has 1 atom stereocenters. The van der Waals surface area contributed by atoms with Gasteiger partial charge in [0.1, 0.15) is 11.9 Å². The molecule has 27 heteroatoms. The molecule has 0 aliphatic heterocycles. The summed E-state index contributed by atoms with van der Waals surface area (Å²) < 4.78 is 284. The largest absolute Gasteiger partial charge is 0.460 e. The van der Waals surface area contributed by atoms with Crippen LogP contribution in [0.2, 0.25) is 0 Å². The van der Waals surface area contributed by atoms with E-state index in [4.69, 9.17) is 0 Å². The highest BCUT2D eigenvalue weighted by Gasteiger charge is 2.79. The van der Waals surface area contributed by atoms with Gasteiger partial charge in [0.05, 0.1) is 6.54 Å². The van der Waals surface area contributed by atoms with Crippen LogP contribution in [0.1, 0.15) is 31.4 Å². The summed E-state index contributed by atoms with van der Waals surface area (Å²) in [6, 6.07) is 0.0169. The molecule has 0 aliphatic rings. The molecule has 0 bridgehead atoms. The number of halogens is 21. The summed E-state index contributed by atoms with van der Waals surface area (Å²) in [5, 5.41) is 0. The van der Waals surface area contributed by atoms with Gasteiger partial charge in [-0.1, -0.05) is 25.5 Å². The minimum atomic E-state index is -7.30. The van der Waals surface area contributed by atoms with Crippen molar-refractivity contribution in [1.29, 1.82) is 0 Å². The maximum atomic E-state index is 14.2. The smallest absolute Gasteiger partial charge is 0.451 e. The number of unbranched alkanes of at least 4 members (excludes halogenated alkanes) is 1. The number of rotatable bonds is 14. The van der Waals surface area contributed by atoms with E-state index in [2.05, 4.69) is 9.47 Å². The van der Waals surface area contributed by atoms with Crippen molar-refractivity contribution in [2.75, 3.05) is 13.1 Å². The highest BCUT2D eigenvalue weighted by atomic mass is 19.4. The lowest BCUT2D eigenvalue weighted by Gasteiger charge is -2.34. The Hall–Kier alpha value is -3.84. The second-order valence-corrected chi connectivity index (χ2v) is 9.90. The van der Waals surface area contributed by atoms with Crippen molar-refractivity contribution in [2.45, 2.75) is 79.9 Å². The molecular formula is C24H16F21NO5. The Bertz CT molecular complexity index is 1400. The molecule has 0 aromatic heterocycles. The molecule has 0 heterocycles. The van der Waals surface area contributed by atoms with Crippen LogP contribution in [0.15, 0.2) is 24.3 Å². The first-order valence-electron chi connectivity index (χ1n) is 12.8. The van der Waals surface area contributed by atoms with E-state index in [-0.39, 0.29) is 30.7 Å². The number of carbonyl (C=O) groups is 3. The number of alkyl halides is 21. The van der Waals surface area contributed by atoms with E-state index < -0.39 is 114 Å². The fourth-order valence-corrected chi connectivity index (χ4v) is 3.28. The predicted molar refractivity (Wildman–Crippen MR) is 120 cm³/mol. The molecule has 51 heavy (non-hydrogen) atoms. The van der Waals surface area contributed by atoms with Gasteiger partial charge in [0, 0.05) is 6.54 Å². The Kier molecular flexibility index (Phi) is 12.7. The lowest BCUT2D eigenvalue weighted by molar-refractivity contribution is -0.349. The van der Waals surface area contributed by atoms with E-state index in [1.807, 2.05) is 0 Å². The third kappa shape index (κ3) is 8.63. The summed E-state index contributed by atoms with van der Waals surface area (Å²) in [7, 11) is 0. The van der Waals surface area contributed by atoms with E-state index >= 15 is 0 Å². The van der Waals surface area contributed by atoms with Gasteiger partial charge in [0.25, 0.3) is 5.91 Å². The lowest BCUT2D eigenvalue weighted by Crippen LogP contribution is -2.60.